The van der Waals surface area contributed by atoms with Crippen molar-refractivity contribution in [2.24, 2.45) is 0 Å². The third-order valence-electron chi connectivity index (χ3n) is 3.47. The van der Waals surface area contributed by atoms with Crippen molar-refractivity contribution in [1.29, 1.82) is 5.26 Å². The van der Waals surface area contributed by atoms with Crippen molar-refractivity contribution in [1.82, 2.24) is 0 Å². The van der Waals surface area contributed by atoms with E-state index in [9.17, 15) is 0 Å². The van der Waals surface area contributed by atoms with Crippen LogP contribution in [-0.4, -0.2) is 0 Å². The van der Waals surface area contributed by atoms with E-state index in [1.54, 1.807) is 0 Å². The molecule has 112 valence electrons. The van der Waals surface area contributed by atoms with Crippen molar-refractivity contribution in [3.05, 3.63) is 90.0 Å². The van der Waals surface area contributed by atoms with E-state index in [-0.39, 0.29) is 0 Å². The van der Waals surface area contributed by atoms with Gasteiger partial charge in [0.1, 0.15) is 5.75 Å². The number of rotatable bonds is 5. The summed E-state index contributed by atoms with van der Waals surface area (Å²) in [6.07, 6.45) is 0. The van der Waals surface area contributed by atoms with Gasteiger partial charge >= 0.3 is 0 Å². The Bertz CT molecular complexity index is 822. The number of benzene rings is 3. The summed E-state index contributed by atoms with van der Waals surface area (Å²) >= 11 is 0. The van der Waals surface area contributed by atoms with E-state index in [2.05, 4.69) is 11.4 Å². The molecule has 23 heavy (non-hydrogen) atoms. The molecule has 0 unspecified atom stereocenters. The first-order valence-electron chi connectivity index (χ1n) is 7.40. The van der Waals surface area contributed by atoms with Gasteiger partial charge in [0.15, 0.2) is 5.75 Å². The zero-order valence-electron chi connectivity index (χ0n) is 12.6. The molecule has 0 radical (unpaired) electrons. The molecule has 0 aliphatic rings. The van der Waals surface area contributed by atoms with Gasteiger partial charge < -0.3 is 10.1 Å². The average Bonchev–Trinajstić information content (AvgIpc) is 2.62. The largest absolute Gasteiger partial charge is 0.455 e. The van der Waals surface area contributed by atoms with E-state index >= 15 is 0 Å². The van der Waals surface area contributed by atoms with Crippen molar-refractivity contribution < 1.29 is 4.74 Å². The van der Waals surface area contributed by atoms with E-state index in [4.69, 9.17) is 10.00 Å². The zero-order valence-corrected chi connectivity index (χ0v) is 12.6. The van der Waals surface area contributed by atoms with Crippen LogP contribution in [0.25, 0.3) is 0 Å². The first kappa shape index (κ1) is 14.7. The fourth-order valence-electron chi connectivity index (χ4n) is 2.29. The van der Waals surface area contributed by atoms with Crippen molar-refractivity contribution in [3.63, 3.8) is 0 Å². The van der Waals surface area contributed by atoms with Crippen LogP contribution in [0.4, 0.5) is 5.69 Å². The summed E-state index contributed by atoms with van der Waals surface area (Å²) in [5, 5.41) is 12.5. The summed E-state index contributed by atoms with van der Waals surface area (Å²) in [7, 11) is 0. The number of hydrogen-bond donors (Lipinski definition) is 1. The van der Waals surface area contributed by atoms with Crippen LogP contribution in [-0.2, 0) is 6.54 Å². The molecule has 0 amide bonds. The van der Waals surface area contributed by atoms with Gasteiger partial charge in [0.25, 0.3) is 0 Å². The molecule has 0 saturated heterocycles. The predicted molar refractivity (Wildman–Crippen MR) is 91.4 cm³/mol. The van der Waals surface area contributed by atoms with E-state index in [0.717, 1.165) is 22.7 Å². The molecule has 0 bridgehead atoms. The van der Waals surface area contributed by atoms with Gasteiger partial charge in [-0.15, -0.1) is 0 Å². The highest BCUT2D eigenvalue weighted by atomic mass is 16.5. The Labute approximate surface area is 135 Å². The van der Waals surface area contributed by atoms with Crippen LogP contribution >= 0.6 is 0 Å². The topological polar surface area (TPSA) is 45.0 Å². The molecule has 3 rings (SSSR count). The molecule has 0 fully saturated rings. The number of nitrogens with one attached hydrogen (secondary N) is 1. The van der Waals surface area contributed by atoms with Crippen LogP contribution in [0, 0.1) is 11.3 Å². The van der Waals surface area contributed by atoms with Gasteiger partial charge in [-0.3, -0.25) is 0 Å². The van der Waals surface area contributed by atoms with Gasteiger partial charge in [-0.1, -0.05) is 48.5 Å². The van der Waals surface area contributed by atoms with Crippen molar-refractivity contribution in [2.75, 3.05) is 5.32 Å². The lowest BCUT2D eigenvalue weighted by Gasteiger charge is -2.13. The normalized spacial score (nSPS) is 9.87. The molecule has 0 heterocycles. The molecule has 1 N–H and O–H groups in total. The summed E-state index contributed by atoms with van der Waals surface area (Å²) in [6, 6.07) is 27.2. The number of anilines is 1. The fourth-order valence-corrected chi connectivity index (χ4v) is 2.29. The molecule has 3 aromatic rings. The smallest absolute Gasteiger partial charge is 0.150 e. The maximum Gasteiger partial charge on any atom is 0.150 e. The predicted octanol–water partition coefficient (Wildman–Crippen LogP) is 4.96. The van der Waals surface area contributed by atoms with Crippen LogP contribution in [0.5, 0.6) is 11.5 Å². The highest BCUT2D eigenvalue weighted by Crippen LogP contribution is 2.29. The molecule has 3 heteroatoms. The molecule has 0 aliphatic carbocycles. The van der Waals surface area contributed by atoms with Gasteiger partial charge in [-0.25, -0.2) is 0 Å². The van der Waals surface area contributed by atoms with Crippen LogP contribution < -0.4 is 10.1 Å². The van der Waals surface area contributed by atoms with Gasteiger partial charge in [0.2, 0.25) is 0 Å². The van der Waals surface area contributed by atoms with Gasteiger partial charge in [0, 0.05) is 6.54 Å². The summed E-state index contributed by atoms with van der Waals surface area (Å²) in [6.45, 7) is 0.568. The maximum atomic E-state index is 9.16. The van der Waals surface area contributed by atoms with Crippen LogP contribution in [0.3, 0.4) is 0 Å². The Kier molecular flexibility index (Phi) is 4.56. The van der Waals surface area contributed by atoms with Crippen LogP contribution in [0.15, 0.2) is 78.9 Å². The third kappa shape index (κ3) is 3.69. The Morgan fingerprint density at radius 3 is 2.35 bits per heavy atom. The highest BCUT2D eigenvalue weighted by Gasteiger charge is 2.06. The van der Waals surface area contributed by atoms with Crippen LogP contribution in [0.1, 0.15) is 11.1 Å². The Morgan fingerprint density at radius 1 is 0.826 bits per heavy atom. The first-order valence-corrected chi connectivity index (χ1v) is 7.40. The first-order chi connectivity index (χ1) is 11.4. The van der Waals surface area contributed by atoms with E-state index in [1.807, 2.05) is 78.9 Å². The molecular weight excluding hydrogens is 284 g/mol. The quantitative estimate of drug-likeness (QED) is 0.724. The minimum absolute atomic E-state index is 0.568. The average molecular weight is 300 g/mol. The van der Waals surface area contributed by atoms with Gasteiger partial charge in [0.05, 0.1) is 17.3 Å². The Morgan fingerprint density at radius 2 is 1.52 bits per heavy atom. The van der Waals surface area contributed by atoms with E-state index in [1.165, 1.54) is 0 Å². The lowest BCUT2D eigenvalue weighted by Crippen LogP contribution is -2.02. The summed E-state index contributed by atoms with van der Waals surface area (Å²) < 4.78 is 5.93. The molecule has 3 nitrogen and oxygen atoms in total. The second kappa shape index (κ2) is 7.15. The standard InChI is InChI=1S/C20H16N2O/c21-14-16-8-4-5-9-17(16)15-22-19-12-6-7-13-20(19)23-18-10-2-1-3-11-18/h1-13,22H,15H2. The number of nitrogens with zero attached hydrogens (tertiary/aromatic N) is 1. The second-order valence-electron chi connectivity index (χ2n) is 5.03. The SMILES string of the molecule is N#Cc1ccccc1CNc1ccccc1Oc1ccccc1. The lowest BCUT2D eigenvalue weighted by atomic mass is 10.1. The van der Waals surface area contributed by atoms with Gasteiger partial charge in [-0.05, 0) is 35.9 Å². The Hall–Kier alpha value is -3.25. The Balaban J connectivity index is 1.77. The van der Waals surface area contributed by atoms with Crippen LogP contribution in [0.2, 0.25) is 0 Å². The molecule has 0 saturated carbocycles. The summed E-state index contributed by atoms with van der Waals surface area (Å²) in [5.74, 6) is 1.55. The molecule has 0 atom stereocenters. The highest BCUT2D eigenvalue weighted by molar-refractivity contribution is 5.58. The monoisotopic (exact) mass is 300 g/mol. The second-order valence-corrected chi connectivity index (χ2v) is 5.03. The van der Waals surface area contributed by atoms with Crippen molar-refractivity contribution >= 4 is 5.69 Å². The van der Waals surface area contributed by atoms with Gasteiger partial charge in [-0.2, -0.15) is 5.26 Å². The number of hydrogen-bond acceptors (Lipinski definition) is 3. The molecular formula is C20H16N2O. The molecule has 0 spiro atoms. The number of ether oxygens (including phenoxy) is 1. The van der Waals surface area contributed by atoms with Crippen molar-refractivity contribution in [3.8, 4) is 17.6 Å². The fraction of sp³-hybridized carbons (Fsp3) is 0.0500. The van der Waals surface area contributed by atoms with E-state index < -0.39 is 0 Å². The van der Waals surface area contributed by atoms with Crippen molar-refractivity contribution in [2.45, 2.75) is 6.54 Å². The summed E-state index contributed by atoms with van der Waals surface area (Å²) in [4.78, 5) is 0. The zero-order chi connectivity index (χ0) is 15.9. The minimum atomic E-state index is 0.568. The summed E-state index contributed by atoms with van der Waals surface area (Å²) in [5.41, 5.74) is 2.54. The maximum absolute atomic E-state index is 9.16. The lowest BCUT2D eigenvalue weighted by molar-refractivity contribution is 0.484. The minimum Gasteiger partial charge on any atom is -0.455 e. The van der Waals surface area contributed by atoms with E-state index in [0.29, 0.717) is 12.1 Å². The number of para-hydroxylation sites is 3. The molecule has 3 aromatic carbocycles. The number of nitriles is 1. The molecule has 0 aliphatic heterocycles. The molecule has 0 aromatic heterocycles. The third-order valence-corrected chi connectivity index (χ3v) is 3.47.